The summed E-state index contributed by atoms with van der Waals surface area (Å²) in [6.07, 6.45) is 6.54. The van der Waals surface area contributed by atoms with E-state index in [0.717, 1.165) is 16.9 Å². The van der Waals surface area contributed by atoms with Gasteiger partial charge in [0.15, 0.2) is 0 Å². The first kappa shape index (κ1) is 20.9. The van der Waals surface area contributed by atoms with Crippen LogP contribution in [0.5, 0.6) is 0 Å². The van der Waals surface area contributed by atoms with Gasteiger partial charge in [0.05, 0.1) is 11.0 Å². The SMILES string of the molecule is C.Cc1nc2cc(-c3nn[nH]n3)ccc2n1C1CCCCC1.[CH3-].[Y]. The fraction of sp³-hybridized carbons (Fsp3) is 0.471. The van der Waals surface area contributed by atoms with Crippen molar-refractivity contribution in [3.05, 3.63) is 31.5 Å². The van der Waals surface area contributed by atoms with Gasteiger partial charge < -0.3 is 12.0 Å². The van der Waals surface area contributed by atoms with Crippen LogP contribution in [0.15, 0.2) is 18.2 Å². The van der Waals surface area contributed by atoms with Crippen molar-refractivity contribution in [2.45, 2.75) is 52.5 Å². The topological polar surface area (TPSA) is 72.3 Å². The first-order valence-electron chi connectivity index (χ1n) is 7.55. The van der Waals surface area contributed by atoms with E-state index >= 15 is 0 Å². The van der Waals surface area contributed by atoms with Gasteiger partial charge in [-0.2, -0.15) is 5.21 Å². The van der Waals surface area contributed by atoms with Crippen LogP contribution in [-0.4, -0.2) is 30.2 Å². The van der Waals surface area contributed by atoms with Gasteiger partial charge in [-0.05, 0) is 43.2 Å². The van der Waals surface area contributed by atoms with Crippen molar-refractivity contribution in [3.8, 4) is 11.4 Å². The normalized spacial score (nSPS) is 14.5. The molecule has 0 aliphatic heterocycles. The van der Waals surface area contributed by atoms with E-state index in [9.17, 15) is 0 Å². The van der Waals surface area contributed by atoms with Crippen molar-refractivity contribution in [1.82, 2.24) is 30.2 Å². The van der Waals surface area contributed by atoms with E-state index in [1.54, 1.807) is 0 Å². The Labute approximate surface area is 168 Å². The molecule has 127 valence electrons. The second-order valence-electron chi connectivity index (χ2n) is 5.76. The number of nitrogens with one attached hydrogen (secondary N) is 1. The fourth-order valence-electron chi connectivity index (χ4n) is 3.44. The van der Waals surface area contributed by atoms with Crippen molar-refractivity contribution < 1.29 is 32.7 Å². The van der Waals surface area contributed by atoms with E-state index in [1.165, 1.54) is 37.6 Å². The average molecular weight is 402 g/mol. The van der Waals surface area contributed by atoms with E-state index in [2.05, 4.69) is 38.2 Å². The molecule has 2 aromatic heterocycles. The van der Waals surface area contributed by atoms with Gasteiger partial charge in [0.2, 0.25) is 5.82 Å². The molecular weight excluding hydrogens is 377 g/mol. The molecule has 1 N–H and O–H groups in total. The van der Waals surface area contributed by atoms with Gasteiger partial charge >= 0.3 is 0 Å². The second-order valence-corrected chi connectivity index (χ2v) is 5.76. The number of hydrogen-bond acceptors (Lipinski definition) is 4. The number of H-pyrrole nitrogens is 1. The summed E-state index contributed by atoms with van der Waals surface area (Å²) >= 11 is 0. The maximum Gasteiger partial charge on any atom is 0.204 e. The van der Waals surface area contributed by atoms with Gasteiger partial charge in [0.1, 0.15) is 5.82 Å². The van der Waals surface area contributed by atoms with E-state index < -0.39 is 0 Å². The Kier molecular flexibility index (Phi) is 7.68. The smallest absolute Gasteiger partial charge is 0.204 e. The molecule has 0 spiro atoms. The molecule has 7 heteroatoms. The Morgan fingerprint density at radius 3 is 2.58 bits per heavy atom. The third kappa shape index (κ3) is 3.75. The molecule has 1 aliphatic carbocycles. The van der Waals surface area contributed by atoms with E-state index in [4.69, 9.17) is 4.98 Å². The summed E-state index contributed by atoms with van der Waals surface area (Å²) in [5.41, 5.74) is 3.18. The van der Waals surface area contributed by atoms with Crippen LogP contribution in [0.3, 0.4) is 0 Å². The van der Waals surface area contributed by atoms with Gasteiger partial charge in [0, 0.05) is 44.3 Å². The summed E-state index contributed by atoms with van der Waals surface area (Å²) < 4.78 is 2.41. The number of imidazole rings is 1. The zero-order valence-corrected chi connectivity index (χ0v) is 16.5. The minimum absolute atomic E-state index is 0. The van der Waals surface area contributed by atoms with Crippen molar-refractivity contribution in [1.29, 1.82) is 0 Å². The molecule has 2 heterocycles. The first-order chi connectivity index (χ1) is 10.3. The van der Waals surface area contributed by atoms with Crippen LogP contribution in [0, 0.1) is 14.4 Å². The third-order valence-electron chi connectivity index (χ3n) is 4.41. The summed E-state index contributed by atoms with van der Waals surface area (Å²) in [5, 5.41) is 14.2. The molecule has 4 rings (SSSR count). The third-order valence-corrected chi connectivity index (χ3v) is 4.41. The second kappa shape index (κ2) is 8.81. The number of benzene rings is 1. The van der Waals surface area contributed by atoms with Crippen molar-refractivity contribution >= 4 is 11.0 Å². The van der Waals surface area contributed by atoms with Crippen LogP contribution in [-0.2, 0) is 32.7 Å². The van der Waals surface area contributed by atoms with E-state index in [-0.39, 0.29) is 47.6 Å². The molecular formula is C17H25N6Y-. The standard InChI is InChI=1S/C15H18N6.CH4.CH3.Y/c1-10-16-13-9-11(15-17-19-20-18-15)7-8-14(13)21(10)12-5-3-2-4-6-12;;;/h7-9,12H,2-6H2,1H3,(H,17,18,19,20);1H4;1H3;/q;;-1;. The molecule has 6 nitrogen and oxygen atoms in total. The monoisotopic (exact) mass is 402 g/mol. The molecule has 1 radical (unpaired) electrons. The maximum atomic E-state index is 4.74. The number of tetrazole rings is 1. The van der Waals surface area contributed by atoms with Crippen LogP contribution in [0.1, 0.15) is 51.4 Å². The molecule has 24 heavy (non-hydrogen) atoms. The summed E-state index contributed by atoms with van der Waals surface area (Å²) in [7, 11) is 0. The summed E-state index contributed by atoms with van der Waals surface area (Å²) in [6.45, 7) is 2.10. The predicted octanol–water partition coefficient (Wildman–Crippen LogP) is 4.11. The van der Waals surface area contributed by atoms with Gasteiger partial charge in [0.25, 0.3) is 0 Å². The van der Waals surface area contributed by atoms with Crippen molar-refractivity contribution in [2.24, 2.45) is 0 Å². The van der Waals surface area contributed by atoms with Crippen LogP contribution in [0.4, 0.5) is 0 Å². The quantitative estimate of drug-likeness (QED) is 0.655. The first-order valence-corrected chi connectivity index (χ1v) is 7.55. The molecule has 0 saturated heterocycles. The summed E-state index contributed by atoms with van der Waals surface area (Å²) in [6, 6.07) is 6.83. The summed E-state index contributed by atoms with van der Waals surface area (Å²) in [5.74, 6) is 1.71. The molecule has 3 aromatic rings. The molecule has 0 unspecified atom stereocenters. The van der Waals surface area contributed by atoms with Crippen molar-refractivity contribution in [3.63, 3.8) is 0 Å². The predicted molar refractivity (Wildman–Crippen MR) is 92.9 cm³/mol. The maximum absolute atomic E-state index is 4.74. The largest absolute Gasteiger partial charge is 0.358 e. The van der Waals surface area contributed by atoms with Crippen LogP contribution in [0.25, 0.3) is 22.4 Å². The fourth-order valence-corrected chi connectivity index (χ4v) is 3.44. The van der Waals surface area contributed by atoms with Crippen molar-refractivity contribution in [2.75, 3.05) is 0 Å². The minimum Gasteiger partial charge on any atom is -0.358 e. The van der Waals surface area contributed by atoms with Crippen LogP contribution in [0.2, 0.25) is 0 Å². The van der Waals surface area contributed by atoms with E-state index in [0.29, 0.717) is 11.9 Å². The molecule has 1 saturated carbocycles. The number of hydrogen-bond donors (Lipinski definition) is 1. The van der Waals surface area contributed by atoms with Crippen LogP contribution < -0.4 is 0 Å². The molecule has 0 amide bonds. The molecule has 0 bridgehead atoms. The Bertz CT molecular complexity index is 759. The number of nitrogens with zero attached hydrogens (tertiary/aromatic N) is 5. The zero-order chi connectivity index (χ0) is 14.2. The number of aromatic nitrogens is 6. The van der Waals surface area contributed by atoms with Gasteiger partial charge in [-0.15, -0.1) is 10.2 Å². The Morgan fingerprint density at radius 2 is 1.92 bits per heavy atom. The summed E-state index contributed by atoms with van der Waals surface area (Å²) in [4.78, 5) is 4.74. The average Bonchev–Trinajstić information content (AvgIpc) is 3.14. The molecule has 1 fully saturated rings. The van der Waals surface area contributed by atoms with Gasteiger partial charge in [-0.1, -0.05) is 26.7 Å². The Balaban J connectivity index is 0.000000960. The molecule has 1 aliphatic rings. The zero-order valence-electron chi connectivity index (χ0n) is 13.7. The number of fused-ring (bicyclic) bond motifs is 1. The number of aryl methyl sites for hydroxylation is 1. The minimum atomic E-state index is 0. The van der Waals surface area contributed by atoms with Gasteiger partial charge in [-0.25, -0.2) is 4.98 Å². The number of aromatic amines is 1. The molecule has 1 aromatic carbocycles. The number of rotatable bonds is 2. The Hall–Kier alpha value is -1.14. The van der Waals surface area contributed by atoms with Gasteiger partial charge in [-0.3, -0.25) is 0 Å². The molecule has 0 atom stereocenters. The van der Waals surface area contributed by atoms with Crippen LogP contribution >= 0.6 is 0 Å². The Morgan fingerprint density at radius 1 is 1.17 bits per heavy atom. The van der Waals surface area contributed by atoms with E-state index in [1.807, 2.05) is 12.1 Å².